The first-order chi connectivity index (χ1) is 22.1. The zero-order chi connectivity index (χ0) is 33.1. The van der Waals surface area contributed by atoms with E-state index in [1.165, 1.54) is 42.1 Å². The summed E-state index contributed by atoms with van der Waals surface area (Å²) in [6, 6.07) is 27.2. The fraction of sp³-hybridized carbons (Fsp3) is 0.118. The number of carbonyl (C=O) groups excluding carboxylic acids is 4. The minimum Gasteiger partial charge on any atom is -0.462 e. The molecular formula is C34H30N4O7S. The summed E-state index contributed by atoms with van der Waals surface area (Å²) in [5.74, 6) is -1.84. The predicted octanol–water partition coefficient (Wildman–Crippen LogP) is 6.30. The van der Waals surface area contributed by atoms with Crippen LogP contribution in [-0.4, -0.2) is 40.5 Å². The van der Waals surface area contributed by atoms with E-state index < -0.39 is 28.0 Å². The van der Waals surface area contributed by atoms with Crippen LogP contribution < -0.4 is 16.0 Å². The number of benzene rings is 4. The minimum absolute atomic E-state index is 0.0810. The van der Waals surface area contributed by atoms with Crippen molar-refractivity contribution >= 4 is 58.6 Å². The molecule has 12 heteroatoms. The number of nitrogens with zero attached hydrogens (tertiary/aromatic N) is 1. The molecule has 0 aliphatic rings. The van der Waals surface area contributed by atoms with Gasteiger partial charge in [0.15, 0.2) is 0 Å². The zero-order valence-corrected chi connectivity index (χ0v) is 25.7. The standard InChI is InChI=1S/C34H30N4O7S/c1-3-45-34(42)25-14-16-26(17-15-25)35-31(39)22(2)46-29-11-7-10-27(21-29)36-33(41)30(37-32(40)24-8-5-4-6-9-24)20-23-12-18-28(19-13-23)38(43)44/h4-22H,3H2,1-2H3,(H,35,39)(H,36,41)(H,37,40)/b30-20+. The topological polar surface area (TPSA) is 157 Å². The molecular weight excluding hydrogens is 608 g/mol. The predicted molar refractivity (Wildman–Crippen MR) is 176 cm³/mol. The number of hydrogen-bond acceptors (Lipinski definition) is 8. The SMILES string of the molecule is CCOC(=O)c1ccc(NC(=O)C(C)Sc2cccc(NC(=O)/C(=C\c3ccc([N+](=O)[O-])cc3)NC(=O)c3ccccc3)c2)cc1. The van der Waals surface area contributed by atoms with E-state index >= 15 is 0 Å². The van der Waals surface area contributed by atoms with Crippen LogP contribution in [0.2, 0.25) is 0 Å². The number of amides is 3. The van der Waals surface area contributed by atoms with Gasteiger partial charge in [0, 0.05) is 34.0 Å². The summed E-state index contributed by atoms with van der Waals surface area (Å²) in [5, 5.41) is 18.8. The summed E-state index contributed by atoms with van der Waals surface area (Å²) in [5.41, 5.74) is 1.93. The third-order valence-corrected chi connectivity index (χ3v) is 7.48. The van der Waals surface area contributed by atoms with Crippen molar-refractivity contribution in [3.63, 3.8) is 0 Å². The Kier molecular flexibility index (Phi) is 11.4. The van der Waals surface area contributed by atoms with Crippen molar-refractivity contribution in [3.8, 4) is 0 Å². The van der Waals surface area contributed by atoms with Gasteiger partial charge < -0.3 is 20.7 Å². The fourth-order valence-electron chi connectivity index (χ4n) is 4.05. The molecule has 1 unspecified atom stereocenters. The largest absolute Gasteiger partial charge is 0.462 e. The maximum Gasteiger partial charge on any atom is 0.338 e. The molecule has 3 amide bonds. The van der Waals surface area contributed by atoms with Crippen molar-refractivity contribution < 1.29 is 28.8 Å². The summed E-state index contributed by atoms with van der Waals surface area (Å²) < 4.78 is 4.98. The summed E-state index contributed by atoms with van der Waals surface area (Å²) >= 11 is 1.27. The normalized spacial score (nSPS) is 11.6. The van der Waals surface area contributed by atoms with E-state index in [2.05, 4.69) is 16.0 Å². The molecule has 1 atom stereocenters. The molecule has 0 saturated heterocycles. The highest BCUT2D eigenvalue weighted by molar-refractivity contribution is 8.00. The van der Waals surface area contributed by atoms with Crippen LogP contribution in [0.5, 0.6) is 0 Å². The first-order valence-electron chi connectivity index (χ1n) is 14.1. The average molecular weight is 639 g/mol. The number of thioether (sulfide) groups is 1. The Hall–Kier alpha value is -5.75. The van der Waals surface area contributed by atoms with Crippen LogP contribution in [0.1, 0.15) is 40.1 Å². The third-order valence-electron chi connectivity index (χ3n) is 6.38. The molecule has 0 fully saturated rings. The lowest BCUT2D eigenvalue weighted by atomic mass is 10.1. The lowest BCUT2D eigenvalue weighted by Gasteiger charge is -2.14. The van der Waals surface area contributed by atoms with Gasteiger partial charge in [0.25, 0.3) is 17.5 Å². The number of hydrogen-bond donors (Lipinski definition) is 3. The van der Waals surface area contributed by atoms with Crippen LogP contribution in [0.15, 0.2) is 114 Å². The molecule has 0 radical (unpaired) electrons. The molecule has 0 heterocycles. The lowest BCUT2D eigenvalue weighted by Crippen LogP contribution is -2.30. The van der Waals surface area contributed by atoms with Gasteiger partial charge in [-0.3, -0.25) is 24.5 Å². The Balaban J connectivity index is 1.45. The number of esters is 1. The number of nitro groups is 1. The molecule has 4 aromatic carbocycles. The molecule has 0 aliphatic carbocycles. The molecule has 0 bridgehead atoms. The molecule has 0 aromatic heterocycles. The van der Waals surface area contributed by atoms with Crippen molar-refractivity contribution in [2.24, 2.45) is 0 Å². The number of anilines is 2. The second-order valence-electron chi connectivity index (χ2n) is 9.76. The lowest BCUT2D eigenvalue weighted by molar-refractivity contribution is -0.384. The van der Waals surface area contributed by atoms with Crippen molar-refractivity contribution in [1.29, 1.82) is 0 Å². The molecule has 11 nitrogen and oxygen atoms in total. The van der Waals surface area contributed by atoms with Crippen LogP contribution in [0.3, 0.4) is 0 Å². The monoisotopic (exact) mass is 638 g/mol. The molecule has 234 valence electrons. The summed E-state index contributed by atoms with van der Waals surface area (Å²) in [7, 11) is 0. The number of non-ortho nitro benzene ring substituents is 1. The van der Waals surface area contributed by atoms with E-state index in [0.717, 1.165) is 0 Å². The van der Waals surface area contributed by atoms with Gasteiger partial charge in [0.1, 0.15) is 5.70 Å². The molecule has 0 aliphatic heterocycles. The van der Waals surface area contributed by atoms with Gasteiger partial charge in [0.2, 0.25) is 5.91 Å². The Bertz CT molecular complexity index is 1760. The maximum absolute atomic E-state index is 13.4. The van der Waals surface area contributed by atoms with Crippen molar-refractivity contribution in [2.45, 2.75) is 24.0 Å². The molecule has 3 N–H and O–H groups in total. The quantitative estimate of drug-likeness (QED) is 0.0537. The van der Waals surface area contributed by atoms with E-state index in [1.807, 2.05) is 0 Å². The Morgan fingerprint density at radius 2 is 1.54 bits per heavy atom. The number of nitrogens with one attached hydrogen (secondary N) is 3. The second kappa shape index (κ2) is 15.8. The van der Waals surface area contributed by atoms with E-state index in [-0.39, 0.29) is 23.9 Å². The number of rotatable bonds is 12. The fourth-order valence-corrected chi connectivity index (χ4v) is 4.98. The van der Waals surface area contributed by atoms with Crippen LogP contribution in [0.4, 0.5) is 17.1 Å². The van der Waals surface area contributed by atoms with E-state index in [4.69, 9.17) is 4.74 Å². The molecule has 0 spiro atoms. The Labute approximate surface area is 269 Å². The van der Waals surface area contributed by atoms with Crippen LogP contribution in [-0.2, 0) is 14.3 Å². The van der Waals surface area contributed by atoms with Crippen LogP contribution >= 0.6 is 11.8 Å². The van der Waals surface area contributed by atoms with E-state index in [9.17, 15) is 29.3 Å². The maximum atomic E-state index is 13.4. The molecule has 4 aromatic rings. The van der Waals surface area contributed by atoms with Crippen molar-refractivity contribution in [3.05, 3.63) is 136 Å². The molecule has 4 rings (SSSR count). The van der Waals surface area contributed by atoms with Gasteiger partial charge >= 0.3 is 5.97 Å². The molecule has 46 heavy (non-hydrogen) atoms. The number of nitro benzene ring substituents is 1. The highest BCUT2D eigenvalue weighted by Crippen LogP contribution is 2.27. The Morgan fingerprint density at radius 3 is 2.20 bits per heavy atom. The van der Waals surface area contributed by atoms with Gasteiger partial charge in [-0.05, 0) is 92.2 Å². The highest BCUT2D eigenvalue weighted by Gasteiger charge is 2.18. The number of ether oxygens (including phenoxy) is 1. The first-order valence-corrected chi connectivity index (χ1v) is 15.0. The summed E-state index contributed by atoms with van der Waals surface area (Å²) in [6.07, 6.45) is 1.42. The smallest absolute Gasteiger partial charge is 0.338 e. The van der Waals surface area contributed by atoms with E-state index in [1.54, 1.807) is 92.7 Å². The van der Waals surface area contributed by atoms with Gasteiger partial charge in [-0.2, -0.15) is 0 Å². The summed E-state index contributed by atoms with van der Waals surface area (Å²) in [4.78, 5) is 62.2. The van der Waals surface area contributed by atoms with Crippen LogP contribution in [0, 0.1) is 10.1 Å². The van der Waals surface area contributed by atoms with Crippen molar-refractivity contribution in [1.82, 2.24) is 5.32 Å². The zero-order valence-electron chi connectivity index (χ0n) is 24.9. The van der Waals surface area contributed by atoms with Gasteiger partial charge in [-0.1, -0.05) is 24.3 Å². The molecule has 0 saturated carbocycles. The van der Waals surface area contributed by atoms with Crippen LogP contribution in [0.25, 0.3) is 6.08 Å². The Morgan fingerprint density at radius 1 is 0.848 bits per heavy atom. The van der Waals surface area contributed by atoms with Crippen molar-refractivity contribution in [2.75, 3.05) is 17.2 Å². The number of carbonyl (C=O) groups is 4. The second-order valence-corrected chi connectivity index (χ2v) is 11.2. The average Bonchev–Trinajstić information content (AvgIpc) is 3.05. The summed E-state index contributed by atoms with van der Waals surface area (Å²) in [6.45, 7) is 3.73. The first kappa shape index (κ1) is 33.1. The van der Waals surface area contributed by atoms with Gasteiger partial charge in [-0.15, -0.1) is 11.8 Å². The van der Waals surface area contributed by atoms with Gasteiger partial charge in [0.05, 0.1) is 22.3 Å². The highest BCUT2D eigenvalue weighted by atomic mass is 32.2. The third kappa shape index (κ3) is 9.37. The van der Waals surface area contributed by atoms with E-state index in [0.29, 0.717) is 33.0 Å². The van der Waals surface area contributed by atoms with Gasteiger partial charge in [-0.25, -0.2) is 4.79 Å². The minimum atomic E-state index is -0.623.